The van der Waals surface area contributed by atoms with Crippen LogP contribution in [0, 0.1) is 5.92 Å². The van der Waals surface area contributed by atoms with Gasteiger partial charge in [-0.1, -0.05) is 18.2 Å². The molecule has 1 aliphatic heterocycles. The standard InChI is InChI=1S/C16H19N3O2/c17-10-11-5-7-19(8-6-11)16(21)13-9-15(20)18-14-4-2-1-3-12(13)14/h1-4,9,11H,5-8,10,17H2,(H,18,20). The fourth-order valence-electron chi connectivity index (χ4n) is 2.92. The molecule has 5 nitrogen and oxygen atoms in total. The van der Waals surface area contributed by atoms with Gasteiger partial charge in [0.05, 0.1) is 5.56 Å². The lowest BCUT2D eigenvalue weighted by atomic mass is 9.96. The number of para-hydroxylation sites is 1. The Morgan fingerprint density at radius 1 is 1.29 bits per heavy atom. The molecule has 3 rings (SSSR count). The molecule has 110 valence electrons. The number of likely N-dealkylation sites (tertiary alicyclic amines) is 1. The van der Waals surface area contributed by atoms with Crippen LogP contribution < -0.4 is 11.3 Å². The third-order valence-electron chi connectivity index (χ3n) is 4.22. The number of fused-ring (bicyclic) bond motifs is 1. The Labute approximate surface area is 122 Å². The van der Waals surface area contributed by atoms with Crippen molar-refractivity contribution in [1.29, 1.82) is 0 Å². The van der Waals surface area contributed by atoms with Crippen LogP contribution in [0.5, 0.6) is 0 Å². The fraction of sp³-hybridized carbons (Fsp3) is 0.375. The molecule has 0 unspecified atom stereocenters. The highest BCUT2D eigenvalue weighted by atomic mass is 16.2. The monoisotopic (exact) mass is 285 g/mol. The lowest BCUT2D eigenvalue weighted by Gasteiger charge is -2.31. The van der Waals surface area contributed by atoms with Gasteiger partial charge >= 0.3 is 0 Å². The van der Waals surface area contributed by atoms with Crippen molar-refractivity contribution in [3.05, 3.63) is 46.2 Å². The van der Waals surface area contributed by atoms with E-state index in [0.717, 1.165) is 18.2 Å². The van der Waals surface area contributed by atoms with E-state index in [-0.39, 0.29) is 11.5 Å². The molecule has 1 fully saturated rings. The number of nitrogens with one attached hydrogen (secondary N) is 1. The quantitative estimate of drug-likeness (QED) is 0.874. The van der Waals surface area contributed by atoms with Crippen molar-refractivity contribution in [1.82, 2.24) is 9.88 Å². The SMILES string of the molecule is NCC1CCN(C(=O)c2cc(=O)[nH]c3ccccc23)CC1. The van der Waals surface area contributed by atoms with Crippen LogP contribution in [0.15, 0.2) is 35.1 Å². The molecule has 3 N–H and O–H groups in total. The van der Waals surface area contributed by atoms with Gasteiger partial charge in [-0.15, -0.1) is 0 Å². The molecule has 1 aromatic carbocycles. The first-order valence-corrected chi connectivity index (χ1v) is 7.30. The largest absolute Gasteiger partial charge is 0.339 e. The summed E-state index contributed by atoms with van der Waals surface area (Å²) in [5.41, 5.74) is 6.63. The van der Waals surface area contributed by atoms with Gasteiger partial charge in [0.2, 0.25) is 5.56 Å². The summed E-state index contributed by atoms with van der Waals surface area (Å²) < 4.78 is 0. The average molecular weight is 285 g/mol. The summed E-state index contributed by atoms with van der Waals surface area (Å²) in [5, 5.41) is 0.794. The van der Waals surface area contributed by atoms with Gasteiger partial charge in [0.15, 0.2) is 0 Å². The smallest absolute Gasteiger partial charge is 0.254 e. The first-order valence-electron chi connectivity index (χ1n) is 7.30. The van der Waals surface area contributed by atoms with Crippen LogP contribution in [-0.4, -0.2) is 35.4 Å². The van der Waals surface area contributed by atoms with Crippen LogP contribution in [0.25, 0.3) is 10.9 Å². The van der Waals surface area contributed by atoms with E-state index in [2.05, 4.69) is 4.98 Å². The number of amides is 1. The molecule has 1 amide bonds. The van der Waals surface area contributed by atoms with Crippen LogP contribution in [0.4, 0.5) is 0 Å². The van der Waals surface area contributed by atoms with Crippen molar-refractivity contribution in [3.8, 4) is 0 Å². The lowest BCUT2D eigenvalue weighted by Crippen LogP contribution is -2.40. The predicted octanol–water partition coefficient (Wildman–Crippen LogP) is 1.34. The number of carbonyl (C=O) groups is 1. The van der Waals surface area contributed by atoms with Gasteiger partial charge in [0.1, 0.15) is 0 Å². The number of rotatable bonds is 2. The summed E-state index contributed by atoms with van der Waals surface area (Å²) in [6.07, 6.45) is 1.87. The minimum atomic E-state index is -0.242. The highest BCUT2D eigenvalue weighted by Crippen LogP contribution is 2.21. The molecule has 0 bridgehead atoms. The van der Waals surface area contributed by atoms with Crippen molar-refractivity contribution >= 4 is 16.8 Å². The molecule has 5 heteroatoms. The number of H-pyrrole nitrogens is 1. The summed E-state index contributed by atoms with van der Waals surface area (Å²) in [7, 11) is 0. The highest BCUT2D eigenvalue weighted by molar-refractivity contribution is 6.05. The Bertz CT molecular complexity index is 715. The van der Waals surface area contributed by atoms with Crippen LogP contribution in [0.3, 0.4) is 0 Å². The zero-order chi connectivity index (χ0) is 14.8. The second-order valence-electron chi connectivity index (χ2n) is 5.56. The van der Waals surface area contributed by atoms with Gasteiger partial charge < -0.3 is 15.6 Å². The number of carbonyl (C=O) groups excluding carboxylic acids is 1. The zero-order valence-electron chi connectivity index (χ0n) is 11.8. The van der Waals surface area contributed by atoms with Gasteiger partial charge in [-0.05, 0) is 31.4 Å². The highest BCUT2D eigenvalue weighted by Gasteiger charge is 2.24. The predicted molar refractivity (Wildman–Crippen MR) is 82.3 cm³/mol. The number of nitrogens with zero attached hydrogens (tertiary/aromatic N) is 1. The van der Waals surface area contributed by atoms with E-state index >= 15 is 0 Å². The third kappa shape index (κ3) is 2.69. The van der Waals surface area contributed by atoms with Gasteiger partial charge in [-0.2, -0.15) is 0 Å². The maximum absolute atomic E-state index is 12.7. The normalized spacial score (nSPS) is 16.3. The molecule has 2 aromatic rings. The van der Waals surface area contributed by atoms with Crippen LogP contribution in [-0.2, 0) is 0 Å². The van der Waals surface area contributed by atoms with Gasteiger partial charge in [-0.3, -0.25) is 9.59 Å². The van der Waals surface area contributed by atoms with E-state index in [9.17, 15) is 9.59 Å². The van der Waals surface area contributed by atoms with E-state index in [0.29, 0.717) is 36.6 Å². The number of nitrogens with two attached hydrogens (primary N) is 1. The van der Waals surface area contributed by atoms with Crippen molar-refractivity contribution in [2.45, 2.75) is 12.8 Å². The summed E-state index contributed by atoms with van der Waals surface area (Å²) in [5.74, 6) is 0.442. The van der Waals surface area contributed by atoms with Crippen molar-refractivity contribution in [2.24, 2.45) is 11.7 Å². The van der Waals surface area contributed by atoms with E-state index in [1.54, 1.807) is 0 Å². The molecule has 0 radical (unpaired) electrons. The number of pyridine rings is 1. The summed E-state index contributed by atoms with van der Waals surface area (Å²) in [6.45, 7) is 2.10. The molecule has 0 atom stereocenters. The molecular weight excluding hydrogens is 266 g/mol. The summed E-state index contributed by atoms with van der Waals surface area (Å²) in [6, 6.07) is 8.80. The molecule has 1 saturated heterocycles. The topological polar surface area (TPSA) is 79.2 Å². The van der Waals surface area contributed by atoms with Crippen LogP contribution in [0.1, 0.15) is 23.2 Å². The number of aromatic amines is 1. The van der Waals surface area contributed by atoms with Gasteiger partial charge in [-0.25, -0.2) is 0 Å². The Morgan fingerprint density at radius 2 is 2.00 bits per heavy atom. The molecule has 0 aliphatic carbocycles. The number of benzene rings is 1. The van der Waals surface area contributed by atoms with Crippen molar-refractivity contribution < 1.29 is 4.79 Å². The number of piperidine rings is 1. The molecule has 1 aliphatic rings. The van der Waals surface area contributed by atoms with E-state index < -0.39 is 0 Å². The fourth-order valence-corrected chi connectivity index (χ4v) is 2.92. The molecular formula is C16H19N3O2. The summed E-state index contributed by atoms with van der Waals surface area (Å²) in [4.78, 5) is 29.0. The van der Waals surface area contributed by atoms with Gasteiger partial charge in [0, 0.05) is 30.1 Å². The molecule has 21 heavy (non-hydrogen) atoms. The van der Waals surface area contributed by atoms with Crippen molar-refractivity contribution in [2.75, 3.05) is 19.6 Å². The molecule has 0 spiro atoms. The second-order valence-corrected chi connectivity index (χ2v) is 5.56. The first-order chi connectivity index (χ1) is 10.2. The number of aromatic nitrogens is 1. The first kappa shape index (κ1) is 13.8. The Kier molecular flexibility index (Phi) is 3.75. The minimum Gasteiger partial charge on any atom is -0.339 e. The molecule has 1 aromatic heterocycles. The number of hydrogen-bond donors (Lipinski definition) is 2. The third-order valence-corrected chi connectivity index (χ3v) is 4.22. The maximum atomic E-state index is 12.7. The van der Waals surface area contributed by atoms with E-state index in [1.165, 1.54) is 6.07 Å². The summed E-state index contributed by atoms with van der Waals surface area (Å²) >= 11 is 0. The second kappa shape index (κ2) is 5.69. The van der Waals surface area contributed by atoms with E-state index in [1.807, 2.05) is 29.2 Å². The molecule has 0 saturated carbocycles. The molecule has 2 heterocycles. The minimum absolute atomic E-state index is 0.0622. The van der Waals surface area contributed by atoms with Crippen molar-refractivity contribution in [3.63, 3.8) is 0 Å². The van der Waals surface area contributed by atoms with E-state index in [4.69, 9.17) is 5.73 Å². The Morgan fingerprint density at radius 3 is 2.71 bits per heavy atom. The Balaban J connectivity index is 1.93. The zero-order valence-corrected chi connectivity index (χ0v) is 11.8. The Hall–Kier alpha value is -2.14. The van der Waals surface area contributed by atoms with Crippen LogP contribution >= 0.6 is 0 Å². The lowest BCUT2D eigenvalue weighted by molar-refractivity contribution is 0.0695. The average Bonchev–Trinajstić information content (AvgIpc) is 2.53. The van der Waals surface area contributed by atoms with Gasteiger partial charge in [0.25, 0.3) is 5.91 Å². The number of hydrogen-bond acceptors (Lipinski definition) is 3. The maximum Gasteiger partial charge on any atom is 0.254 e. The van der Waals surface area contributed by atoms with Crippen LogP contribution in [0.2, 0.25) is 0 Å².